The van der Waals surface area contributed by atoms with Gasteiger partial charge in [0.15, 0.2) is 10.3 Å². The van der Waals surface area contributed by atoms with Gasteiger partial charge in [-0.2, -0.15) is 0 Å². The van der Waals surface area contributed by atoms with Gasteiger partial charge < -0.3 is 20.3 Å². The number of thioether (sulfide) groups is 1. The fourth-order valence-electron chi connectivity index (χ4n) is 2.49. The van der Waals surface area contributed by atoms with E-state index < -0.39 is 0 Å². The van der Waals surface area contributed by atoms with E-state index in [9.17, 15) is 4.79 Å². The minimum absolute atomic E-state index is 0.145. The number of nitrogens with zero attached hydrogens (tertiary/aromatic N) is 3. The number of nitrogens with one attached hydrogen (secondary N) is 2. The Labute approximate surface area is 179 Å². The second-order valence-electron chi connectivity index (χ2n) is 6.68. The molecule has 1 saturated heterocycles. The number of carbonyl (C=O) groups is 1. The number of thiazole rings is 1. The Balaban J connectivity index is 1.68. The van der Waals surface area contributed by atoms with Gasteiger partial charge in [-0.15, -0.1) is 0 Å². The van der Waals surface area contributed by atoms with Crippen molar-refractivity contribution < 1.29 is 9.53 Å². The third-order valence-corrected chi connectivity index (χ3v) is 5.79. The molecule has 0 atom stereocenters. The number of aliphatic imine (C=N–C) groups is 1. The highest BCUT2D eigenvalue weighted by molar-refractivity contribution is 8.18. The van der Waals surface area contributed by atoms with Crippen LogP contribution in [-0.4, -0.2) is 54.8 Å². The van der Waals surface area contributed by atoms with Crippen LogP contribution in [0.3, 0.4) is 0 Å². The average molecular weight is 432 g/mol. The zero-order valence-corrected chi connectivity index (χ0v) is 18.6. The number of amidine groups is 1. The number of rotatable bonds is 8. The van der Waals surface area contributed by atoms with E-state index in [1.807, 2.05) is 52.2 Å². The maximum atomic E-state index is 12.3. The minimum atomic E-state index is -0.145. The zero-order valence-electron chi connectivity index (χ0n) is 17.0. The van der Waals surface area contributed by atoms with Crippen LogP contribution in [0.15, 0.2) is 34.3 Å². The van der Waals surface area contributed by atoms with Gasteiger partial charge in [0.05, 0.1) is 15.5 Å². The molecule has 2 heterocycles. The summed E-state index contributed by atoms with van der Waals surface area (Å²) in [6.45, 7) is 6.31. The van der Waals surface area contributed by atoms with Crippen molar-refractivity contribution in [2.75, 3.05) is 39.1 Å². The third kappa shape index (κ3) is 6.06. The molecular formula is C20H25N5O2S2. The van der Waals surface area contributed by atoms with Gasteiger partial charge in [-0.3, -0.25) is 4.79 Å². The summed E-state index contributed by atoms with van der Waals surface area (Å²) in [5, 5.41) is 7.42. The van der Waals surface area contributed by atoms with Gasteiger partial charge in [0.2, 0.25) is 0 Å². The van der Waals surface area contributed by atoms with E-state index >= 15 is 0 Å². The second-order valence-corrected chi connectivity index (χ2v) is 8.77. The van der Waals surface area contributed by atoms with Gasteiger partial charge in [0.1, 0.15) is 12.4 Å². The molecule has 1 amide bonds. The van der Waals surface area contributed by atoms with Gasteiger partial charge in [-0.1, -0.05) is 11.3 Å². The Morgan fingerprint density at radius 3 is 2.93 bits per heavy atom. The highest BCUT2D eigenvalue weighted by Crippen LogP contribution is 2.31. The Morgan fingerprint density at radius 2 is 2.21 bits per heavy atom. The van der Waals surface area contributed by atoms with Crippen LogP contribution in [0.5, 0.6) is 5.75 Å². The number of aromatic nitrogens is 1. The van der Waals surface area contributed by atoms with Crippen molar-refractivity contribution in [2.45, 2.75) is 13.8 Å². The number of anilines is 1. The first kappa shape index (κ1) is 21.4. The molecule has 0 aliphatic carbocycles. The summed E-state index contributed by atoms with van der Waals surface area (Å²) in [6.07, 6.45) is 3.60. The molecule has 1 aliphatic rings. The van der Waals surface area contributed by atoms with E-state index in [1.165, 1.54) is 23.1 Å². The van der Waals surface area contributed by atoms with Crippen molar-refractivity contribution in [3.63, 3.8) is 0 Å². The number of aryl methyl sites for hydroxylation is 1. The molecule has 1 aromatic carbocycles. The Bertz CT molecular complexity index is 937. The van der Waals surface area contributed by atoms with Crippen molar-refractivity contribution in [3.05, 3.63) is 39.7 Å². The molecule has 7 nitrogen and oxygen atoms in total. The predicted octanol–water partition coefficient (Wildman–Crippen LogP) is 3.72. The molecular weight excluding hydrogens is 406 g/mol. The Morgan fingerprint density at radius 1 is 1.38 bits per heavy atom. The molecule has 154 valence electrons. The number of likely N-dealkylation sites (N-methyl/N-ethyl adjacent to an activating group) is 1. The molecule has 3 rings (SSSR count). The summed E-state index contributed by atoms with van der Waals surface area (Å²) < 4.78 is 5.76. The maximum absolute atomic E-state index is 12.3. The maximum Gasteiger partial charge on any atom is 0.264 e. The summed E-state index contributed by atoms with van der Waals surface area (Å²) in [7, 11) is 4.03. The zero-order chi connectivity index (χ0) is 20.8. The summed E-state index contributed by atoms with van der Waals surface area (Å²) in [4.78, 5) is 24.8. The first-order valence-corrected chi connectivity index (χ1v) is 11.0. The van der Waals surface area contributed by atoms with E-state index in [2.05, 4.69) is 25.5 Å². The lowest BCUT2D eigenvalue weighted by Gasteiger charge is -2.12. The third-order valence-electron chi connectivity index (χ3n) is 3.97. The molecule has 0 unspecified atom stereocenters. The molecule has 0 radical (unpaired) electrons. The standard InChI is InChI=1S/C20H25N5O2S2/c1-5-21-19-22-12-15(28-19)11-17-18(26)24-20(29-17)23-16-7-6-14(10-13(16)2)27-9-8-25(3)4/h6-7,10-12H,5,8-9H2,1-4H3,(H,21,22)(H,23,24,26). The number of ether oxygens (including phenoxy) is 1. The number of benzene rings is 1. The Kier molecular flexibility index (Phi) is 7.29. The van der Waals surface area contributed by atoms with Crippen LogP contribution in [0.1, 0.15) is 17.4 Å². The van der Waals surface area contributed by atoms with Crippen molar-refractivity contribution in [1.29, 1.82) is 0 Å². The molecule has 1 aromatic heterocycles. The van der Waals surface area contributed by atoms with Crippen LogP contribution in [-0.2, 0) is 4.79 Å². The summed E-state index contributed by atoms with van der Waals surface area (Å²) in [5.41, 5.74) is 1.80. The van der Waals surface area contributed by atoms with Gasteiger partial charge in [0.25, 0.3) is 5.91 Å². The number of carbonyl (C=O) groups excluding carboxylic acids is 1. The van der Waals surface area contributed by atoms with Crippen LogP contribution < -0.4 is 15.4 Å². The van der Waals surface area contributed by atoms with Crippen molar-refractivity contribution in [2.24, 2.45) is 4.99 Å². The molecule has 2 aromatic rings. The highest BCUT2D eigenvalue weighted by Gasteiger charge is 2.24. The molecule has 2 N–H and O–H groups in total. The molecule has 0 bridgehead atoms. The van der Waals surface area contributed by atoms with E-state index in [0.29, 0.717) is 16.7 Å². The fourth-order valence-corrected chi connectivity index (χ4v) is 4.22. The highest BCUT2D eigenvalue weighted by atomic mass is 32.2. The summed E-state index contributed by atoms with van der Waals surface area (Å²) in [6, 6.07) is 5.78. The first-order chi connectivity index (χ1) is 13.9. The Hall–Kier alpha value is -2.36. The molecule has 0 saturated carbocycles. The fraction of sp³-hybridized carbons (Fsp3) is 0.350. The van der Waals surface area contributed by atoms with Crippen LogP contribution in [0, 0.1) is 6.92 Å². The summed E-state index contributed by atoms with van der Waals surface area (Å²) >= 11 is 2.85. The number of hydrogen-bond donors (Lipinski definition) is 2. The van der Waals surface area contributed by atoms with Crippen molar-refractivity contribution >= 4 is 51.1 Å². The van der Waals surface area contributed by atoms with Crippen molar-refractivity contribution in [1.82, 2.24) is 15.2 Å². The predicted molar refractivity (Wildman–Crippen MR) is 122 cm³/mol. The first-order valence-electron chi connectivity index (χ1n) is 9.32. The second kappa shape index (κ2) is 9.91. The SMILES string of the molecule is CCNc1ncc(C=C2SC(=Nc3ccc(OCCN(C)C)cc3C)NC2=O)s1. The van der Waals surface area contributed by atoms with Gasteiger partial charge >= 0.3 is 0 Å². The smallest absolute Gasteiger partial charge is 0.264 e. The lowest BCUT2D eigenvalue weighted by Crippen LogP contribution is -2.19. The quantitative estimate of drug-likeness (QED) is 0.621. The van der Waals surface area contributed by atoms with E-state index in [0.717, 1.165) is 40.1 Å². The lowest BCUT2D eigenvalue weighted by molar-refractivity contribution is -0.115. The van der Waals surface area contributed by atoms with Crippen molar-refractivity contribution in [3.8, 4) is 5.75 Å². The number of hydrogen-bond acceptors (Lipinski definition) is 8. The van der Waals surface area contributed by atoms with Crippen LogP contribution in [0.4, 0.5) is 10.8 Å². The monoisotopic (exact) mass is 431 g/mol. The summed E-state index contributed by atoms with van der Waals surface area (Å²) in [5.74, 6) is 0.673. The van der Waals surface area contributed by atoms with Crippen LogP contribution in [0.2, 0.25) is 0 Å². The minimum Gasteiger partial charge on any atom is -0.492 e. The number of amides is 1. The molecule has 0 spiro atoms. The van der Waals surface area contributed by atoms with E-state index in [1.54, 1.807) is 6.20 Å². The average Bonchev–Trinajstić information content (AvgIpc) is 3.24. The van der Waals surface area contributed by atoms with E-state index in [4.69, 9.17) is 4.74 Å². The molecule has 9 heteroatoms. The topological polar surface area (TPSA) is 78.9 Å². The molecule has 1 aliphatic heterocycles. The van der Waals surface area contributed by atoms with Gasteiger partial charge in [-0.05, 0) is 69.5 Å². The largest absolute Gasteiger partial charge is 0.492 e. The molecule has 29 heavy (non-hydrogen) atoms. The van der Waals surface area contributed by atoms with E-state index in [-0.39, 0.29) is 5.91 Å². The lowest BCUT2D eigenvalue weighted by atomic mass is 10.2. The van der Waals surface area contributed by atoms with Gasteiger partial charge in [0, 0.05) is 19.3 Å². The van der Waals surface area contributed by atoms with Gasteiger partial charge in [-0.25, -0.2) is 9.98 Å². The normalized spacial score (nSPS) is 16.7. The van der Waals surface area contributed by atoms with Crippen LogP contribution in [0.25, 0.3) is 6.08 Å². The van der Waals surface area contributed by atoms with Crippen LogP contribution >= 0.6 is 23.1 Å². The molecule has 1 fully saturated rings.